The van der Waals surface area contributed by atoms with Crippen LogP contribution in [0.2, 0.25) is 0 Å². The van der Waals surface area contributed by atoms with E-state index in [1.54, 1.807) is 0 Å². The quantitative estimate of drug-likeness (QED) is 0.861. The molecule has 1 aliphatic rings. The second kappa shape index (κ2) is 5.00. The highest BCUT2D eigenvalue weighted by atomic mass is 16.5. The maximum atomic E-state index is 5.73. The first-order valence-corrected chi connectivity index (χ1v) is 6.52. The van der Waals surface area contributed by atoms with Gasteiger partial charge in [0, 0.05) is 35.9 Å². The van der Waals surface area contributed by atoms with Crippen molar-refractivity contribution in [1.82, 2.24) is 4.98 Å². The Morgan fingerprint density at radius 3 is 2.83 bits per heavy atom. The predicted molar refractivity (Wildman–Crippen MR) is 74.1 cm³/mol. The van der Waals surface area contributed by atoms with Crippen molar-refractivity contribution in [3.05, 3.63) is 30.0 Å². The molecule has 0 saturated carbocycles. The molecule has 3 N–H and O–H groups in total. The van der Waals surface area contributed by atoms with E-state index in [-0.39, 0.29) is 0 Å². The molecular formula is C14H19N3O. The minimum Gasteiger partial charge on any atom is -0.378 e. The first kappa shape index (κ1) is 11.6. The molecule has 4 nitrogen and oxygen atoms in total. The summed E-state index contributed by atoms with van der Waals surface area (Å²) in [7, 11) is 0. The number of rotatable bonds is 3. The molecule has 2 heterocycles. The number of anilines is 1. The number of fused-ring (bicyclic) bond motifs is 1. The zero-order valence-corrected chi connectivity index (χ0v) is 10.5. The summed E-state index contributed by atoms with van der Waals surface area (Å²) in [5.41, 5.74) is 9.59. The SMILES string of the molecule is NCCc1ccc2[nH]ccc2c1N1CCOCC1. The van der Waals surface area contributed by atoms with Crippen LogP contribution in [0.1, 0.15) is 5.56 Å². The first-order chi connectivity index (χ1) is 8.90. The standard InChI is InChI=1S/C14H19N3O/c15-5-3-11-1-2-13-12(4-6-16-13)14(11)17-7-9-18-10-8-17/h1-2,4,6,16H,3,5,7-10,15H2. The van der Waals surface area contributed by atoms with Gasteiger partial charge < -0.3 is 20.4 Å². The van der Waals surface area contributed by atoms with Gasteiger partial charge >= 0.3 is 0 Å². The number of nitrogens with two attached hydrogens (primary N) is 1. The number of hydrogen-bond donors (Lipinski definition) is 2. The largest absolute Gasteiger partial charge is 0.378 e. The van der Waals surface area contributed by atoms with Crippen LogP contribution < -0.4 is 10.6 Å². The minimum atomic E-state index is 0.688. The van der Waals surface area contributed by atoms with E-state index in [0.717, 1.165) is 32.7 Å². The van der Waals surface area contributed by atoms with E-state index in [1.165, 1.54) is 22.2 Å². The molecule has 0 bridgehead atoms. The fourth-order valence-corrected chi connectivity index (χ4v) is 2.68. The molecule has 2 aromatic rings. The van der Waals surface area contributed by atoms with Crippen molar-refractivity contribution >= 4 is 16.6 Å². The van der Waals surface area contributed by atoms with Gasteiger partial charge in [0.05, 0.1) is 13.2 Å². The van der Waals surface area contributed by atoms with Gasteiger partial charge in [0.25, 0.3) is 0 Å². The molecule has 0 aliphatic carbocycles. The van der Waals surface area contributed by atoms with Crippen LogP contribution in [-0.2, 0) is 11.2 Å². The van der Waals surface area contributed by atoms with Crippen LogP contribution in [-0.4, -0.2) is 37.8 Å². The smallest absolute Gasteiger partial charge is 0.0642 e. The molecule has 0 amide bonds. The molecule has 0 atom stereocenters. The number of ether oxygens (including phenoxy) is 1. The van der Waals surface area contributed by atoms with Gasteiger partial charge in [-0.2, -0.15) is 0 Å². The number of aromatic amines is 1. The van der Waals surface area contributed by atoms with Crippen molar-refractivity contribution in [3.8, 4) is 0 Å². The monoisotopic (exact) mass is 245 g/mol. The Morgan fingerprint density at radius 2 is 2.06 bits per heavy atom. The molecule has 0 spiro atoms. The molecule has 0 unspecified atom stereocenters. The summed E-state index contributed by atoms with van der Waals surface area (Å²) in [6.07, 6.45) is 2.93. The number of nitrogens with one attached hydrogen (secondary N) is 1. The summed E-state index contributed by atoms with van der Waals surface area (Å²) in [6.45, 7) is 4.22. The molecule has 4 heteroatoms. The third-order valence-corrected chi connectivity index (χ3v) is 3.53. The fourth-order valence-electron chi connectivity index (χ4n) is 2.68. The lowest BCUT2D eigenvalue weighted by atomic mass is 10.0. The predicted octanol–water partition coefficient (Wildman–Crippen LogP) is 1.51. The van der Waals surface area contributed by atoms with Crippen LogP contribution >= 0.6 is 0 Å². The van der Waals surface area contributed by atoms with Crippen molar-refractivity contribution < 1.29 is 4.74 Å². The lowest BCUT2D eigenvalue weighted by molar-refractivity contribution is 0.123. The van der Waals surface area contributed by atoms with Crippen LogP contribution in [0.15, 0.2) is 24.4 Å². The highest BCUT2D eigenvalue weighted by molar-refractivity contribution is 5.94. The summed E-state index contributed by atoms with van der Waals surface area (Å²) >= 11 is 0. The highest BCUT2D eigenvalue weighted by Crippen LogP contribution is 2.31. The van der Waals surface area contributed by atoms with E-state index in [0.29, 0.717) is 6.54 Å². The molecule has 3 rings (SSSR count). The summed E-state index contributed by atoms with van der Waals surface area (Å²) in [4.78, 5) is 5.70. The van der Waals surface area contributed by atoms with Crippen LogP contribution in [0.5, 0.6) is 0 Å². The van der Waals surface area contributed by atoms with Gasteiger partial charge in [0.1, 0.15) is 0 Å². The molecule has 1 fully saturated rings. The molecule has 18 heavy (non-hydrogen) atoms. The summed E-state index contributed by atoms with van der Waals surface area (Å²) in [6, 6.07) is 6.49. The van der Waals surface area contributed by atoms with E-state index < -0.39 is 0 Å². The van der Waals surface area contributed by atoms with E-state index in [1.807, 2.05) is 6.20 Å². The van der Waals surface area contributed by atoms with E-state index in [9.17, 15) is 0 Å². The Balaban J connectivity index is 2.09. The number of morpholine rings is 1. The zero-order chi connectivity index (χ0) is 12.4. The molecule has 0 radical (unpaired) electrons. The maximum absolute atomic E-state index is 5.73. The third kappa shape index (κ3) is 1.98. The number of aromatic nitrogens is 1. The van der Waals surface area contributed by atoms with Gasteiger partial charge in [-0.15, -0.1) is 0 Å². The molecule has 1 aromatic carbocycles. The Labute approximate surface area is 107 Å². The maximum Gasteiger partial charge on any atom is 0.0642 e. The number of nitrogens with zero attached hydrogens (tertiary/aromatic N) is 1. The van der Waals surface area contributed by atoms with Crippen molar-refractivity contribution in [2.45, 2.75) is 6.42 Å². The second-order valence-corrected chi connectivity index (χ2v) is 4.65. The van der Waals surface area contributed by atoms with Crippen molar-refractivity contribution in [2.24, 2.45) is 5.73 Å². The normalized spacial score (nSPS) is 16.4. The summed E-state index contributed by atoms with van der Waals surface area (Å²) in [5.74, 6) is 0. The summed E-state index contributed by atoms with van der Waals surface area (Å²) < 4.78 is 5.44. The lowest BCUT2D eigenvalue weighted by Gasteiger charge is -2.31. The van der Waals surface area contributed by atoms with Crippen LogP contribution in [0.3, 0.4) is 0 Å². The Kier molecular flexibility index (Phi) is 3.21. The average molecular weight is 245 g/mol. The van der Waals surface area contributed by atoms with Gasteiger partial charge in [-0.05, 0) is 30.7 Å². The molecular weight excluding hydrogens is 226 g/mol. The number of H-pyrrole nitrogens is 1. The van der Waals surface area contributed by atoms with Crippen LogP contribution in [0, 0.1) is 0 Å². The topological polar surface area (TPSA) is 54.3 Å². The van der Waals surface area contributed by atoms with Crippen molar-refractivity contribution in [1.29, 1.82) is 0 Å². The molecule has 96 valence electrons. The van der Waals surface area contributed by atoms with Crippen molar-refractivity contribution in [3.63, 3.8) is 0 Å². The minimum absolute atomic E-state index is 0.688. The second-order valence-electron chi connectivity index (χ2n) is 4.65. The first-order valence-electron chi connectivity index (χ1n) is 6.52. The van der Waals surface area contributed by atoms with Gasteiger partial charge in [0.15, 0.2) is 0 Å². The van der Waals surface area contributed by atoms with E-state index in [2.05, 4.69) is 28.1 Å². The van der Waals surface area contributed by atoms with E-state index in [4.69, 9.17) is 10.5 Å². The van der Waals surface area contributed by atoms with Crippen LogP contribution in [0.4, 0.5) is 5.69 Å². The number of hydrogen-bond acceptors (Lipinski definition) is 3. The Morgan fingerprint density at radius 1 is 1.22 bits per heavy atom. The zero-order valence-electron chi connectivity index (χ0n) is 10.5. The van der Waals surface area contributed by atoms with Gasteiger partial charge in [-0.1, -0.05) is 6.07 Å². The Bertz CT molecular complexity index is 529. The molecule has 1 saturated heterocycles. The lowest BCUT2D eigenvalue weighted by Crippen LogP contribution is -2.37. The van der Waals surface area contributed by atoms with Gasteiger partial charge in [-0.3, -0.25) is 0 Å². The third-order valence-electron chi connectivity index (χ3n) is 3.53. The fraction of sp³-hybridized carbons (Fsp3) is 0.429. The highest BCUT2D eigenvalue weighted by Gasteiger charge is 2.17. The van der Waals surface area contributed by atoms with E-state index >= 15 is 0 Å². The average Bonchev–Trinajstić information content (AvgIpc) is 2.88. The van der Waals surface area contributed by atoms with Crippen molar-refractivity contribution in [2.75, 3.05) is 37.7 Å². The molecule has 1 aliphatic heterocycles. The summed E-state index contributed by atoms with van der Waals surface area (Å²) in [5, 5.41) is 1.29. The van der Waals surface area contributed by atoms with Crippen LogP contribution in [0.25, 0.3) is 10.9 Å². The molecule has 1 aromatic heterocycles. The van der Waals surface area contributed by atoms with Gasteiger partial charge in [0.2, 0.25) is 0 Å². The Hall–Kier alpha value is -1.52. The van der Waals surface area contributed by atoms with Gasteiger partial charge in [-0.25, -0.2) is 0 Å². The number of benzene rings is 1.